The van der Waals surface area contributed by atoms with Crippen LogP contribution in [0.4, 0.5) is 17.6 Å². The molecule has 172 valence electrons. The number of ether oxygens (including phenoxy) is 2. The highest BCUT2D eigenvalue weighted by Crippen LogP contribution is 2.25. The van der Waals surface area contributed by atoms with Crippen LogP contribution in [0.2, 0.25) is 0 Å². The number of aliphatic carboxylic acids is 1. The van der Waals surface area contributed by atoms with Gasteiger partial charge in [-0.3, -0.25) is 0 Å². The van der Waals surface area contributed by atoms with Crippen LogP contribution in [0.3, 0.4) is 0 Å². The Bertz CT molecular complexity index is 1100. The zero-order valence-corrected chi connectivity index (χ0v) is 16.9. The van der Waals surface area contributed by atoms with Crippen LogP contribution in [0.25, 0.3) is 0 Å². The van der Waals surface area contributed by atoms with Crippen molar-refractivity contribution in [2.45, 2.75) is 13.2 Å². The Kier molecular flexibility index (Phi) is 7.85. The molecule has 0 amide bonds. The van der Waals surface area contributed by atoms with Gasteiger partial charge in [-0.05, 0) is 47.5 Å². The van der Waals surface area contributed by atoms with Crippen LogP contribution in [0, 0.1) is 23.3 Å². The van der Waals surface area contributed by atoms with E-state index in [1.807, 2.05) is 0 Å². The highest BCUT2D eigenvalue weighted by atomic mass is 19.2. The molecule has 0 saturated heterocycles. The molecule has 0 aliphatic heterocycles. The lowest BCUT2D eigenvalue weighted by Crippen LogP contribution is -2.03. The fourth-order valence-corrected chi connectivity index (χ4v) is 2.62. The van der Waals surface area contributed by atoms with Crippen LogP contribution in [0.15, 0.2) is 59.8 Å². The quantitative estimate of drug-likeness (QED) is 0.265. The number of oxime groups is 1. The molecule has 0 saturated carbocycles. The van der Waals surface area contributed by atoms with Gasteiger partial charge in [0.05, 0.1) is 6.21 Å². The predicted octanol–water partition coefficient (Wildman–Crippen LogP) is 4.84. The molecule has 0 bridgehead atoms. The molecule has 0 radical (unpaired) electrons. The van der Waals surface area contributed by atoms with Crippen LogP contribution in [0.1, 0.15) is 16.7 Å². The lowest BCUT2D eigenvalue weighted by molar-refractivity contribution is -0.142. The van der Waals surface area contributed by atoms with Gasteiger partial charge in [0, 0.05) is 11.6 Å². The SMILES string of the molecule is O=C(O)CO/N=C\c1cc(OCc2ccc(F)c(F)c2)cc(OCc2ccc(F)c(F)c2)c1. The minimum Gasteiger partial charge on any atom is -0.489 e. The molecule has 0 aliphatic carbocycles. The van der Waals surface area contributed by atoms with Crippen LogP contribution in [0.5, 0.6) is 11.5 Å². The molecule has 1 N–H and O–H groups in total. The van der Waals surface area contributed by atoms with Crippen LogP contribution in [-0.2, 0) is 22.8 Å². The summed E-state index contributed by atoms with van der Waals surface area (Å²) < 4.78 is 64.3. The smallest absolute Gasteiger partial charge is 0.344 e. The van der Waals surface area contributed by atoms with E-state index in [-0.39, 0.29) is 24.7 Å². The molecule has 0 spiro atoms. The number of carboxylic acid groups (broad SMARTS) is 1. The number of hydrogen-bond donors (Lipinski definition) is 1. The number of halogens is 4. The molecule has 33 heavy (non-hydrogen) atoms. The van der Waals surface area contributed by atoms with Crippen LogP contribution in [-0.4, -0.2) is 23.9 Å². The van der Waals surface area contributed by atoms with E-state index in [4.69, 9.17) is 14.6 Å². The monoisotopic (exact) mass is 463 g/mol. The summed E-state index contributed by atoms with van der Waals surface area (Å²) in [5.41, 5.74) is 1.16. The van der Waals surface area contributed by atoms with Crippen molar-refractivity contribution in [3.05, 3.63) is 94.6 Å². The van der Waals surface area contributed by atoms with Crippen molar-refractivity contribution in [1.82, 2.24) is 0 Å². The highest BCUT2D eigenvalue weighted by Gasteiger charge is 2.08. The summed E-state index contributed by atoms with van der Waals surface area (Å²) >= 11 is 0. The van der Waals surface area contributed by atoms with Gasteiger partial charge in [0.1, 0.15) is 24.7 Å². The van der Waals surface area contributed by atoms with E-state index in [2.05, 4.69) is 9.99 Å². The largest absolute Gasteiger partial charge is 0.489 e. The first kappa shape index (κ1) is 23.6. The molecule has 0 fully saturated rings. The molecular formula is C23H17F4NO5. The van der Waals surface area contributed by atoms with E-state index in [9.17, 15) is 22.4 Å². The van der Waals surface area contributed by atoms with Crippen molar-refractivity contribution in [3.63, 3.8) is 0 Å². The Hall–Kier alpha value is -4.08. The summed E-state index contributed by atoms with van der Waals surface area (Å²) in [6.45, 7) is -0.811. The average molecular weight is 463 g/mol. The Labute approximate surface area is 185 Å². The highest BCUT2D eigenvalue weighted by molar-refractivity contribution is 5.80. The first-order valence-electron chi connectivity index (χ1n) is 9.46. The molecule has 0 heterocycles. The van der Waals surface area contributed by atoms with Gasteiger partial charge in [0.2, 0.25) is 6.61 Å². The average Bonchev–Trinajstić information content (AvgIpc) is 2.78. The molecular weight excluding hydrogens is 446 g/mol. The van der Waals surface area contributed by atoms with Gasteiger partial charge in [-0.2, -0.15) is 0 Å². The number of hydrogen-bond acceptors (Lipinski definition) is 5. The maximum Gasteiger partial charge on any atom is 0.344 e. The molecule has 6 nitrogen and oxygen atoms in total. The van der Waals surface area contributed by atoms with Crippen molar-refractivity contribution in [2.24, 2.45) is 5.16 Å². The first-order valence-corrected chi connectivity index (χ1v) is 9.46. The van der Waals surface area contributed by atoms with Crippen LogP contribution < -0.4 is 9.47 Å². The second kappa shape index (κ2) is 11.0. The van der Waals surface area contributed by atoms with Gasteiger partial charge in [-0.15, -0.1) is 0 Å². The fourth-order valence-electron chi connectivity index (χ4n) is 2.62. The Balaban J connectivity index is 1.76. The zero-order valence-electron chi connectivity index (χ0n) is 16.9. The van der Waals surface area contributed by atoms with Crippen molar-refractivity contribution < 1.29 is 41.8 Å². The van der Waals surface area contributed by atoms with Gasteiger partial charge in [-0.25, -0.2) is 22.4 Å². The molecule has 0 atom stereocenters. The van der Waals surface area contributed by atoms with E-state index < -0.39 is 35.8 Å². The molecule has 0 unspecified atom stereocenters. The topological polar surface area (TPSA) is 77.4 Å². The van der Waals surface area contributed by atoms with E-state index in [0.29, 0.717) is 16.7 Å². The Morgan fingerprint density at radius 1 is 0.788 bits per heavy atom. The minimum atomic E-state index is -1.20. The number of benzene rings is 3. The van der Waals surface area contributed by atoms with Crippen molar-refractivity contribution >= 4 is 12.2 Å². The molecule has 3 rings (SSSR count). The van der Waals surface area contributed by atoms with Crippen molar-refractivity contribution in [1.29, 1.82) is 0 Å². The Morgan fingerprint density at radius 2 is 1.30 bits per heavy atom. The van der Waals surface area contributed by atoms with Crippen LogP contribution >= 0.6 is 0 Å². The number of nitrogens with zero attached hydrogens (tertiary/aromatic N) is 1. The summed E-state index contributed by atoms with van der Waals surface area (Å²) in [5, 5.41) is 12.1. The molecule has 0 aliphatic rings. The summed E-state index contributed by atoms with van der Waals surface area (Å²) in [7, 11) is 0. The normalized spacial score (nSPS) is 10.9. The molecule has 0 aromatic heterocycles. The molecule has 3 aromatic rings. The minimum absolute atomic E-state index is 0.0874. The summed E-state index contributed by atoms with van der Waals surface area (Å²) in [6, 6.07) is 11.2. The zero-order chi connectivity index (χ0) is 23.8. The number of carboxylic acids is 1. The van der Waals surface area contributed by atoms with Gasteiger partial charge < -0.3 is 19.4 Å². The van der Waals surface area contributed by atoms with Gasteiger partial charge in [0.15, 0.2) is 23.3 Å². The van der Waals surface area contributed by atoms with Crippen molar-refractivity contribution in [3.8, 4) is 11.5 Å². The van der Waals surface area contributed by atoms with E-state index in [0.717, 1.165) is 24.3 Å². The lowest BCUT2D eigenvalue weighted by atomic mass is 10.2. The standard InChI is InChI=1S/C23H17F4NO5/c24-19-3-1-14(7-21(19)26)11-31-17-5-16(10-28-33-13-23(29)30)6-18(9-17)32-12-15-2-4-20(25)22(27)8-15/h1-10H,11-13H2,(H,29,30)/b28-10-. The van der Waals surface area contributed by atoms with E-state index in [1.54, 1.807) is 0 Å². The third-order valence-electron chi connectivity index (χ3n) is 4.15. The molecule has 3 aromatic carbocycles. The third-order valence-corrected chi connectivity index (χ3v) is 4.15. The lowest BCUT2D eigenvalue weighted by Gasteiger charge is -2.12. The number of carbonyl (C=O) groups is 1. The summed E-state index contributed by atoms with van der Waals surface area (Å²) in [6.07, 6.45) is 1.22. The predicted molar refractivity (Wildman–Crippen MR) is 109 cm³/mol. The van der Waals surface area contributed by atoms with E-state index >= 15 is 0 Å². The Morgan fingerprint density at radius 3 is 1.76 bits per heavy atom. The number of rotatable bonds is 10. The van der Waals surface area contributed by atoms with Gasteiger partial charge in [-0.1, -0.05) is 17.3 Å². The van der Waals surface area contributed by atoms with Gasteiger partial charge >= 0.3 is 5.97 Å². The summed E-state index contributed by atoms with van der Waals surface area (Å²) in [4.78, 5) is 15.1. The second-order valence-corrected chi connectivity index (χ2v) is 6.71. The fraction of sp³-hybridized carbons (Fsp3) is 0.130. The van der Waals surface area contributed by atoms with Gasteiger partial charge in [0.25, 0.3) is 0 Å². The molecule has 10 heteroatoms. The third kappa shape index (κ3) is 7.23. The maximum absolute atomic E-state index is 13.4. The maximum atomic E-state index is 13.4. The van der Waals surface area contributed by atoms with E-state index in [1.165, 1.54) is 36.5 Å². The first-order chi connectivity index (χ1) is 15.8. The summed E-state index contributed by atoms with van der Waals surface area (Å²) in [5.74, 6) is -4.65. The van der Waals surface area contributed by atoms with Crippen molar-refractivity contribution in [2.75, 3.05) is 6.61 Å². The second-order valence-electron chi connectivity index (χ2n) is 6.71.